The van der Waals surface area contributed by atoms with Gasteiger partial charge in [0.2, 0.25) is 5.91 Å². The third kappa shape index (κ3) is 5.17. The molecule has 3 N–H and O–H groups in total. The van der Waals surface area contributed by atoms with Gasteiger partial charge in [0.05, 0.1) is 12.6 Å². The summed E-state index contributed by atoms with van der Waals surface area (Å²) in [7, 11) is 0. The number of esters is 1. The molecule has 1 atom stereocenters. The Morgan fingerprint density at radius 2 is 2.29 bits per heavy atom. The molecule has 5 nitrogen and oxygen atoms in total. The van der Waals surface area contributed by atoms with E-state index in [1.54, 1.807) is 6.92 Å². The summed E-state index contributed by atoms with van der Waals surface area (Å²) in [5, 5.41) is 2.32. The highest BCUT2D eigenvalue weighted by Gasteiger charge is 2.12. The highest BCUT2D eigenvalue weighted by molar-refractivity contribution is 5.85. The second-order valence-corrected chi connectivity index (χ2v) is 2.54. The van der Waals surface area contributed by atoms with Crippen LogP contribution in [-0.2, 0) is 14.3 Å². The maximum atomic E-state index is 11.1. The Balaban J connectivity index is 3.74. The van der Waals surface area contributed by atoms with Gasteiger partial charge >= 0.3 is 5.97 Å². The number of ether oxygens (including phenoxy) is 1. The van der Waals surface area contributed by atoms with E-state index < -0.39 is 17.9 Å². The number of carbonyl (C=O) groups excluding carboxylic acids is 2. The molecule has 0 saturated carbocycles. The number of hydrogen-bond acceptors (Lipinski definition) is 4. The molecule has 1 unspecified atom stereocenters. The van der Waals surface area contributed by atoms with Gasteiger partial charge in [-0.05, 0) is 6.92 Å². The lowest BCUT2D eigenvalue weighted by atomic mass is 10.2. The molecule has 0 heterocycles. The molecule has 1 amide bonds. The van der Waals surface area contributed by atoms with Crippen LogP contribution in [0.15, 0.2) is 0 Å². The van der Waals surface area contributed by atoms with Crippen molar-refractivity contribution in [2.75, 3.05) is 13.2 Å². The van der Waals surface area contributed by atoms with Crippen molar-refractivity contribution in [2.24, 2.45) is 5.73 Å². The number of nitrogens with two attached hydrogens (primary N) is 1. The normalized spacial score (nSPS) is 11.2. The average molecular weight is 198 g/mol. The molecular formula is C9H14N2O3. The minimum absolute atomic E-state index is 0.147. The number of amides is 1. The van der Waals surface area contributed by atoms with E-state index in [1.165, 1.54) is 0 Å². The van der Waals surface area contributed by atoms with Crippen molar-refractivity contribution in [3.05, 3.63) is 0 Å². The summed E-state index contributed by atoms with van der Waals surface area (Å²) in [6, 6.07) is -0.769. The van der Waals surface area contributed by atoms with Gasteiger partial charge in [0.25, 0.3) is 0 Å². The quantitative estimate of drug-likeness (QED) is 0.439. The molecule has 0 aliphatic rings. The fourth-order valence-electron chi connectivity index (χ4n) is 0.722. The minimum Gasteiger partial charge on any atom is -0.465 e. The predicted molar refractivity (Wildman–Crippen MR) is 51.1 cm³/mol. The van der Waals surface area contributed by atoms with Crippen LogP contribution in [0, 0.1) is 12.3 Å². The van der Waals surface area contributed by atoms with E-state index in [-0.39, 0.29) is 19.6 Å². The van der Waals surface area contributed by atoms with E-state index in [0.717, 1.165) is 0 Å². The van der Waals surface area contributed by atoms with Crippen molar-refractivity contribution in [2.45, 2.75) is 19.4 Å². The fraction of sp³-hybridized carbons (Fsp3) is 0.556. The molecule has 0 spiro atoms. The van der Waals surface area contributed by atoms with Crippen LogP contribution in [0.4, 0.5) is 0 Å². The maximum Gasteiger partial charge on any atom is 0.325 e. The standard InChI is InChI=1S/C9H14N2O3/c1-3-5-7(10)9(13)11-6-8(12)14-4-2/h1,7H,4-6,10H2,2H3,(H,11,13). The zero-order chi connectivity index (χ0) is 11.0. The van der Waals surface area contributed by atoms with Crippen molar-refractivity contribution < 1.29 is 14.3 Å². The lowest BCUT2D eigenvalue weighted by Gasteiger charge is -2.08. The first-order chi connectivity index (χ1) is 6.61. The molecule has 0 saturated heterocycles. The predicted octanol–water partition coefficient (Wildman–Crippen LogP) is -0.984. The summed E-state index contributed by atoms with van der Waals surface area (Å²) >= 11 is 0. The van der Waals surface area contributed by atoms with Crippen molar-refractivity contribution in [1.82, 2.24) is 5.32 Å². The Labute approximate surface area is 83.0 Å². The summed E-state index contributed by atoms with van der Waals surface area (Å²) in [5.74, 6) is 1.32. The minimum atomic E-state index is -0.769. The molecule has 0 aromatic heterocycles. The van der Waals surface area contributed by atoms with E-state index in [2.05, 4.69) is 16.0 Å². The lowest BCUT2D eigenvalue weighted by Crippen LogP contribution is -2.42. The lowest BCUT2D eigenvalue weighted by molar-refractivity contribution is -0.143. The Hall–Kier alpha value is -1.54. The molecular weight excluding hydrogens is 184 g/mol. The third-order valence-corrected chi connectivity index (χ3v) is 1.39. The number of nitrogens with one attached hydrogen (secondary N) is 1. The molecule has 14 heavy (non-hydrogen) atoms. The number of carbonyl (C=O) groups is 2. The second-order valence-electron chi connectivity index (χ2n) is 2.54. The van der Waals surface area contributed by atoms with E-state index in [1.807, 2.05) is 0 Å². The summed E-state index contributed by atoms with van der Waals surface area (Å²) < 4.78 is 4.60. The Bertz CT molecular complexity index is 245. The van der Waals surface area contributed by atoms with Crippen LogP contribution in [0.25, 0.3) is 0 Å². The molecule has 0 aliphatic carbocycles. The summed E-state index contributed by atoms with van der Waals surface area (Å²) in [6.45, 7) is 1.79. The largest absolute Gasteiger partial charge is 0.465 e. The van der Waals surface area contributed by atoms with Gasteiger partial charge in [-0.25, -0.2) is 0 Å². The topological polar surface area (TPSA) is 81.4 Å². The van der Waals surface area contributed by atoms with Crippen molar-refractivity contribution >= 4 is 11.9 Å². The van der Waals surface area contributed by atoms with Crippen LogP contribution >= 0.6 is 0 Å². The van der Waals surface area contributed by atoms with Crippen molar-refractivity contribution in [3.63, 3.8) is 0 Å². The van der Waals surface area contributed by atoms with Crippen LogP contribution in [-0.4, -0.2) is 31.1 Å². The zero-order valence-electron chi connectivity index (χ0n) is 8.08. The van der Waals surface area contributed by atoms with Crippen LogP contribution in [0.5, 0.6) is 0 Å². The van der Waals surface area contributed by atoms with Gasteiger partial charge in [-0.3, -0.25) is 9.59 Å². The number of terminal acetylenes is 1. The zero-order valence-corrected chi connectivity index (χ0v) is 8.08. The SMILES string of the molecule is C#CCC(N)C(=O)NCC(=O)OCC. The highest BCUT2D eigenvalue weighted by Crippen LogP contribution is 1.85. The smallest absolute Gasteiger partial charge is 0.325 e. The van der Waals surface area contributed by atoms with Gasteiger partial charge in [-0.2, -0.15) is 0 Å². The molecule has 0 radical (unpaired) electrons. The molecule has 0 aromatic carbocycles. The number of hydrogen-bond donors (Lipinski definition) is 2. The molecule has 0 fully saturated rings. The summed E-state index contributed by atoms with van der Waals surface area (Å²) in [6.07, 6.45) is 5.12. The van der Waals surface area contributed by atoms with E-state index in [4.69, 9.17) is 12.2 Å². The molecule has 78 valence electrons. The highest BCUT2D eigenvalue weighted by atomic mass is 16.5. The van der Waals surface area contributed by atoms with Crippen molar-refractivity contribution in [1.29, 1.82) is 0 Å². The van der Waals surface area contributed by atoms with Crippen LogP contribution in [0.2, 0.25) is 0 Å². The Morgan fingerprint density at radius 3 is 2.79 bits per heavy atom. The fourth-order valence-corrected chi connectivity index (χ4v) is 0.722. The monoisotopic (exact) mass is 198 g/mol. The van der Waals surface area contributed by atoms with Gasteiger partial charge in [0.15, 0.2) is 0 Å². The second kappa shape index (κ2) is 6.92. The van der Waals surface area contributed by atoms with Gasteiger partial charge < -0.3 is 15.8 Å². The molecule has 0 aliphatic heterocycles. The third-order valence-electron chi connectivity index (χ3n) is 1.39. The van der Waals surface area contributed by atoms with Crippen molar-refractivity contribution in [3.8, 4) is 12.3 Å². The molecule has 0 aromatic rings. The van der Waals surface area contributed by atoms with Gasteiger partial charge in [-0.1, -0.05) is 0 Å². The molecule has 0 rings (SSSR count). The first-order valence-electron chi connectivity index (χ1n) is 4.24. The van der Waals surface area contributed by atoms with Gasteiger partial charge in [-0.15, -0.1) is 12.3 Å². The molecule has 0 bridgehead atoms. The summed E-state index contributed by atoms with van der Waals surface area (Å²) in [4.78, 5) is 21.9. The Morgan fingerprint density at radius 1 is 1.64 bits per heavy atom. The first-order valence-corrected chi connectivity index (χ1v) is 4.24. The molecule has 5 heteroatoms. The summed E-state index contributed by atoms with van der Waals surface area (Å²) in [5.41, 5.74) is 5.38. The van der Waals surface area contributed by atoms with E-state index in [0.29, 0.717) is 0 Å². The van der Waals surface area contributed by atoms with Crippen LogP contribution in [0.3, 0.4) is 0 Å². The Kier molecular flexibility index (Phi) is 6.16. The van der Waals surface area contributed by atoms with Gasteiger partial charge in [0, 0.05) is 6.42 Å². The van der Waals surface area contributed by atoms with Crippen LogP contribution in [0.1, 0.15) is 13.3 Å². The average Bonchev–Trinajstić information content (AvgIpc) is 2.15. The van der Waals surface area contributed by atoms with E-state index >= 15 is 0 Å². The first kappa shape index (κ1) is 12.5. The van der Waals surface area contributed by atoms with Gasteiger partial charge in [0.1, 0.15) is 6.54 Å². The maximum absolute atomic E-state index is 11.1. The van der Waals surface area contributed by atoms with E-state index in [9.17, 15) is 9.59 Å². The van der Waals surface area contributed by atoms with Crippen LogP contribution < -0.4 is 11.1 Å². The number of rotatable bonds is 5.